The highest BCUT2D eigenvalue weighted by Gasteiger charge is 2.04. The Balaban J connectivity index is 1.93. The van der Waals surface area contributed by atoms with Gasteiger partial charge in [0.2, 0.25) is 0 Å². The van der Waals surface area contributed by atoms with Gasteiger partial charge in [0.05, 0.1) is 4.47 Å². The van der Waals surface area contributed by atoms with Crippen LogP contribution in [0.25, 0.3) is 0 Å². The third kappa shape index (κ3) is 5.18. The van der Waals surface area contributed by atoms with E-state index in [9.17, 15) is 0 Å². The first kappa shape index (κ1) is 16.1. The Morgan fingerprint density at radius 1 is 1.05 bits per heavy atom. The summed E-state index contributed by atoms with van der Waals surface area (Å²) in [5.74, 6) is 0.895. The van der Waals surface area contributed by atoms with E-state index in [4.69, 9.17) is 4.74 Å². The minimum absolute atomic E-state index is 0.595. The summed E-state index contributed by atoms with van der Waals surface area (Å²) in [5, 5.41) is 0. The monoisotopic (exact) mass is 347 g/mol. The average Bonchev–Trinajstić information content (AvgIpc) is 2.52. The molecule has 0 radical (unpaired) electrons. The van der Waals surface area contributed by atoms with Crippen molar-refractivity contribution in [2.45, 2.75) is 20.0 Å². The van der Waals surface area contributed by atoms with Crippen LogP contribution < -0.4 is 4.74 Å². The molecule has 0 aliphatic heterocycles. The first-order valence-electron chi connectivity index (χ1n) is 7.32. The van der Waals surface area contributed by atoms with Gasteiger partial charge in [-0.2, -0.15) is 0 Å². The van der Waals surface area contributed by atoms with Gasteiger partial charge in [-0.3, -0.25) is 0 Å². The van der Waals surface area contributed by atoms with E-state index < -0.39 is 0 Å². The van der Waals surface area contributed by atoms with E-state index in [0.29, 0.717) is 6.61 Å². The lowest BCUT2D eigenvalue weighted by molar-refractivity contribution is 0.304. The zero-order chi connectivity index (χ0) is 15.1. The predicted octanol–water partition coefficient (Wildman–Crippen LogP) is 4.52. The van der Waals surface area contributed by atoms with Gasteiger partial charge < -0.3 is 9.64 Å². The minimum Gasteiger partial charge on any atom is -0.488 e. The van der Waals surface area contributed by atoms with E-state index in [1.807, 2.05) is 24.3 Å². The number of nitrogens with zero attached hydrogens (tertiary/aromatic N) is 1. The molecule has 0 aromatic heterocycles. The molecule has 2 aromatic rings. The van der Waals surface area contributed by atoms with Crippen molar-refractivity contribution in [2.24, 2.45) is 0 Å². The zero-order valence-electron chi connectivity index (χ0n) is 12.7. The Labute approximate surface area is 135 Å². The molecule has 0 aliphatic carbocycles. The minimum atomic E-state index is 0.595. The van der Waals surface area contributed by atoms with Crippen LogP contribution in [0.1, 0.15) is 18.1 Å². The summed E-state index contributed by atoms with van der Waals surface area (Å²) in [7, 11) is 2.15. The number of halogens is 1. The molecule has 2 aromatic carbocycles. The Morgan fingerprint density at radius 3 is 2.48 bits per heavy atom. The van der Waals surface area contributed by atoms with Crippen LogP contribution in [-0.4, -0.2) is 25.0 Å². The molecule has 112 valence electrons. The van der Waals surface area contributed by atoms with Crippen molar-refractivity contribution in [1.29, 1.82) is 0 Å². The molecule has 0 atom stereocenters. The van der Waals surface area contributed by atoms with E-state index in [1.54, 1.807) is 0 Å². The van der Waals surface area contributed by atoms with E-state index in [2.05, 4.69) is 59.1 Å². The quantitative estimate of drug-likeness (QED) is 0.729. The molecule has 0 saturated carbocycles. The summed E-state index contributed by atoms with van der Waals surface area (Å²) < 4.78 is 6.89. The number of benzene rings is 2. The molecule has 21 heavy (non-hydrogen) atoms. The molecule has 0 heterocycles. The summed E-state index contributed by atoms with van der Waals surface area (Å²) in [6.07, 6.45) is 1.06. The van der Waals surface area contributed by atoms with E-state index in [-0.39, 0.29) is 0 Å². The first-order chi connectivity index (χ1) is 10.2. The van der Waals surface area contributed by atoms with Crippen LogP contribution in [0.3, 0.4) is 0 Å². The highest BCUT2D eigenvalue weighted by molar-refractivity contribution is 9.10. The normalized spacial score (nSPS) is 10.9. The SMILES string of the molecule is CCN(C)CCc1ccc(OCc2ccccc2)c(Br)c1. The predicted molar refractivity (Wildman–Crippen MR) is 91.8 cm³/mol. The fourth-order valence-corrected chi connectivity index (χ4v) is 2.57. The molecule has 0 aliphatic rings. The average molecular weight is 348 g/mol. The third-order valence-corrected chi connectivity index (χ3v) is 4.18. The van der Waals surface area contributed by atoms with Crippen LogP contribution in [0.4, 0.5) is 0 Å². The van der Waals surface area contributed by atoms with Crippen molar-refractivity contribution in [1.82, 2.24) is 4.90 Å². The van der Waals surface area contributed by atoms with E-state index in [0.717, 1.165) is 29.7 Å². The van der Waals surface area contributed by atoms with Crippen molar-refractivity contribution >= 4 is 15.9 Å². The van der Waals surface area contributed by atoms with E-state index >= 15 is 0 Å². The van der Waals surface area contributed by atoms with Crippen molar-refractivity contribution < 1.29 is 4.74 Å². The maximum atomic E-state index is 5.87. The van der Waals surface area contributed by atoms with Crippen molar-refractivity contribution in [3.05, 3.63) is 64.1 Å². The van der Waals surface area contributed by atoms with Gasteiger partial charge in [0.1, 0.15) is 12.4 Å². The summed E-state index contributed by atoms with van der Waals surface area (Å²) in [5.41, 5.74) is 2.51. The van der Waals surface area contributed by atoms with Gasteiger partial charge in [-0.25, -0.2) is 0 Å². The molecule has 0 unspecified atom stereocenters. The van der Waals surface area contributed by atoms with Crippen LogP contribution >= 0.6 is 15.9 Å². The van der Waals surface area contributed by atoms with Crippen LogP contribution in [0.5, 0.6) is 5.75 Å². The fourth-order valence-electron chi connectivity index (χ4n) is 2.03. The summed E-state index contributed by atoms with van der Waals surface area (Å²) in [6.45, 7) is 4.93. The molecule has 0 fully saturated rings. The topological polar surface area (TPSA) is 12.5 Å². The number of rotatable bonds is 7. The second kappa shape index (κ2) is 8.20. The van der Waals surface area contributed by atoms with Crippen LogP contribution in [0.2, 0.25) is 0 Å². The fraction of sp³-hybridized carbons (Fsp3) is 0.333. The van der Waals surface area contributed by atoms with Gasteiger partial charge >= 0.3 is 0 Å². The van der Waals surface area contributed by atoms with Crippen molar-refractivity contribution in [2.75, 3.05) is 20.1 Å². The lowest BCUT2D eigenvalue weighted by atomic mass is 10.1. The third-order valence-electron chi connectivity index (χ3n) is 3.56. The van der Waals surface area contributed by atoms with Crippen LogP contribution in [0, 0.1) is 0 Å². The second-order valence-electron chi connectivity index (χ2n) is 5.18. The lowest BCUT2D eigenvalue weighted by Crippen LogP contribution is -2.20. The molecule has 0 bridgehead atoms. The standard InChI is InChI=1S/C18H22BrNO/c1-3-20(2)12-11-15-9-10-18(17(19)13-15)21-14-16-7-5-4-6-8-16/h4-10,13H,3,11-12,14H2,1-2H3. The van der Waals surface area contributed by atoms with Gasteiger partial charge in [0, 0.05) is 6.54 Å². The molecule has 0 saturated heterocycles. The Bertz CT molecular complexity index is 556. The largest absolute Gasteiger partial charge is 0.488 e. The van der Waals surface area contributed by atoms with Gasteiger partial charge in [-0.1, -0.05) is 43.3 Å². The smallest absolute Gasteiger partial charge is 0.134 e. The molecule has 0 N–H and O–H groups in total. The highest BCUT2D eigenvalue weighted by Crippen LogP contribution is 2.27. The number of hydrogen-bond donors (Lipinski definition) is 0. The summed E-state index contributed by atoms with van der Waals surface area (Å²) in [4.78, 5) is 2.31. The van der Waals surface area contributed by atoms with Gasteiger partial charge in [0.15, 0.2) is 0 Å². The van der Waals surface area contributed by atoms with Gasteiger partial charge in [0.25, 0.3) is 0 Å². The molecular weight excluding hydrogens is 326 g/mol. The molecule has 2 nitrogen and oxygen atoms in total. The number of ether oxygens (including phenoxy) is 1. The maximum absolute atomic E-state index is 5.87. The first-order valence-corrected chi connectivity index (χ1v) is 8.12. The van der Waals surface area contributed by atoms with E-state index in [1.165, 1.54) is 11.1 Å². The molecule has 0 spiro atoms. The summed E-state index contributed by atoms with van der Waals surface area (Å²) in [6, 6.07) is 16.6. The zero-order valence-corrected chi connectivity index (χ0v) is 14.3. The van der Waals surface area contributed by atoms with Crippen molar-refractivity contribution in [3.8, 4) is 5.75 Å². The number of likely N-dealkylation sites (N-methyl/N-ethyl adjacent to an activating group) is 1. The highest BCUT2D eigenvalue weighted by atomic mass is 79.9. The molecular formula is C18H22BrNO. The van der Waals surface area contributed by atoms with Crippen molar-refractivity contribution in [3.63, 3.8) is 0 Å². The summed E-state index contributed by atoms with van der Waals surface area (Å²) >= 11 is 3.61. The van der Waals surface area contributed by atoms with Crippen LogP contribution in [-0.2, 0) is 13.0 Å². The van der Waals surface area contributed by atoms with Gasteiger partial charge in [-0.15, -0.1) is 0 Å². The second-order valence-corrected chi connectivity index (χ2v) is 6.04. The molecule has 0 amide bonds. The van der Waals surface area contributed by atoms with Gasteiger partial charge in [-0.05, 0) is 59.2 Å². The Hall–Kier alpha value is -1.32. The Morgan fingerprint density at radius 2 is 1.81 bits per heavy atom. The lowest BCUT2D eigenvalue weighted by Gasteiger charge is -2.14. The Kier molecular flexibility index (Phi) is 6.27. The number of hydrogen-bond acceptors (Lipinski definition) is 2. The molecule has 2 rings (SSSR count). The molecule has 3 heteroatoms. The maximum Gasteiger partial charge on any atom is 0.134 e. The van der Waals surface area contributed by atoms with Crippen LogP contribution in [0.15, 0.2) is 53.0 Å².